The molecule has 146 valence electrons. The van der Waals surface area contributed by atoms with E-state index in [1.165, 1.54) is 0 Å². The van der Waals surface area contributed by atoms with Gasteiger partial charge in [0, 0.05) is 29.8 Å². The molecule has 1 fully saturated rings. The number of aromatic nitrogens is 2. The first-order valence-electron chi connectivity index (χ1n) is 9.32. The van der Waals surface area contributed by atoms with Crippen LogP contribution in [0.4, 0.5) is 0 Å². The number of carbonyl (C=O) groups excluding carboxylic acids is 1. The van der Waals surface area contributed by atoms with Crippen LogP contribution in [-0.4, -0.2) is 52.9 Å². The molecule has 1 aliphatic rings. The van der Waals surface area contributed by atoms with Gasteiger partial charge in [0.25, 0.3) is 0 Å². The fourth-order valence-corrected chi connectivity index (χ4v) is 3.62. The van der Waals surface area contributed by atoms with Crippen molar-refractivity contribution in [1.82, 2.24) is 20.0 Å². The van der Waals surface area contributed by atoms with Gasteiger partial charge in [-0.15, -0.1) is 0 Å². The van der Waals surface area contributed by atoms with Gasteiger partial charge in [0.15, 0.2) is 0 Å². The number of aryl methyl sites for hydroxylation is 2. The average molecular weight is 391 g/mol. The van der Waals surface area contributed by atoms with Gasteiger partial charge in [-0.1, -0.05) is 23.7 Å². The highest BCUT2D eigenvalue weighted by Crippen LogP contribution is 2.24. The second-order valence-corrected chi connectivity index (χ2v) is 7.56. The summed E-state index contributed by atoms with van der Waals surface area (Å²) in [6, 6.07) is 9.16. The van der Waals surface area contributed by atoms with Crippen molar-refractivity contribution in [1.29, 1.82) is 0 Å². The van der Waals surface area contributed by atoms with Crippen molar-refractivity contribution < 1.29 is 9.53 Å². The zero-order valence-electron chi connectivity index (χ0n) is 16.1. The van der Waals surface area contributed by atoms with E-state index in [0.29, 0.717) is 24.8 Å². The topological polar surface area (TPSA) is 59.4 Å². The van der Waals surface area contributed by atoms with E-state index in [0.717, 1.165) is 30.0 Å². The molecular weight excluding hydrogens is 364 g/mol. The number of hydrogen-bond acceptors (Lipinski definition) is 4. The smallest absolute Gasteiger partial charge is 0.242 e. The number of nitrogens with one attached hydrogen (secondary N) is 1. The number of halogens is 1. The maximum Gasteiger partial charge on any atom is 0.242 e. The van der Waals surface area contributed by atoms with Gasteiger partial charge in [-0.05, 0) is 44.5 Å². The largest absolute Gasteiger partial charge is 0.379 e. The summed E-state index contributed by atoms with van der Waals surface area (Å²) < 4.78 is 7.39. The van der Waals surface area contributed by atoms with Crippen LogP contribution in [0.15, 0.2) is 30.3 Å². The molecule has 0 aliphatic carbocycles. The van der Waals surface area contributed by atoms with Crippen LogP contribution in [0.3, 0.4) is 0 Å². The monoisotopic (exact) mass is 390 g/mol. The molecule has 0 unspecified atom stereocenters. The Balaban J connectivity index is 1.73. The maximum atomic E-state index is 13.2. The lowest BCUT2D eigenvalue weighted by Crippen LogP contribution is -2.48. The summed E-state index contributed by atoms with van der Waals surface area (Å²) >= 11 is 6.03. The summed E-state index contributed by atoms with van der Waals surface area (Å²) in [5.74, 6) is -0.00625. The third-order valence-corrected chi connectivity index (χ3v) is 5.04. The molecule has 1 aliphatic heterocycles. The SMILES string of the molecule is Cc1cc(C)n(C[C@@H](C)NC(=O)[C@H](c2ccc(Cl)cc2)N2CCOCC2)n1. The van der Waals surface area contributed by atoms with Crippen molar-refractivity contribution >= 4 is 17.5 Å². The van der Waals surface area contributed by atoms with Crippen LogP contribution in [0, 0.1) is 13.8 Å². The van der Waals surface area contributed by atoms with Crippen molar-refractivity contribution in [2.75, 3.05) is 26.3 Å². The predicted molar refractivity (Wildman–Crippen MR) is 106 cm³/mol. The second kappa shape index (κ2) is 8.87. The van der Waals surface area contributed by atoms with Crippen molar-refractivity contribution in [2.45, 2.75) is 39.4 Å². The maximum absolute atomic E-state index is 13.2. The standard InChI is InChI=1S/C20H27ClN4O2/c1-14-12-16(3)25(23-14)13-15(2)22-20(26)19(24-8-10-27-11-9-24)17-4-6-18(21)7-5-17/h4-7,12,15,19H,8-11,13H2,1-3H3,(H,22,26)/t15-,19+/m1/s1. The van der Waals surface area contributed by atoms with Crippen LogP contribution in [0.5, 0.6) is 0 Å². The molecule has 1 aromatic carbocycles. The Labute approximate surface area is 165 Å². The normalized spacial score (nSPS) is 17.5. The molecule has 3 rings (SSSR count). The van der Waals surface area contributed by atoms with Gasteiger partial charge < -0.3 is 10.1 Å². The molecule has 0 radical (unpaired) electrons. The van der Waals surface area contributed by atoms with Crippen LogP contribution in [0.25, 0.3) is 0 Å². The van der Waals surface area contributed by atoms with E-state index in [4.69, 9.17) is 16.3 Å². The molecule has 1 aromatic heterocycles. The Morgan fingerprint density at radius 3 is 2.52 bits per heavy atom. The van der Waals surface area contributed by atoms with Crippen molar-refractivity contribution in [3.05, 3.63) is 52.3 Å². The lowest BCUT2D eigenvalue weighted by molar-refractivity contribution is -0.129. The van der Waals surface area contributed by atoms with Crippen LogP contribution in [0.1, 0.15) is 29.9 Å². The minimum absolute atomic E-state index is 0.00625. The summed E-state index contributed by atoms with van der Waals surface area (Å²) in [6.07, 6.45) is 0. The molecule has 1 amide bonds. The van der Waals surface area contributed by atoms with Crippen LogP contribution < -0.4 is 5.32 Å². The Hall–Kier alpha value is -1.89. The Morgan fingerprint density at radius 2 is 1.93 bits per heavy atom. The van der Waals surface area contributed by atoms with E-state index in [1.807, 2.05) is 55.8 Å². The minimum Gasteiger partial charge on any atom is -0.379 e. The van der Waals surface area contributed by atoms with Gasteiger partial charge in [-0.2, -0.15) is 5.10 Å². The minimum atomic E-state index is -0.353. The van der Waals surface area contributed by atoms with E-state index >= 15 is 0 Å². The first kappa shape index (κ1) is 19.9. The third kappa shape index (κ3) is 5.09. The molecule has 2 heterocycles. The Morgan fingerprint density at radius 1 is 1.26 bits per heavy atom. The molecule has 1 saturated heterocycles. The van der Waals surface area contributed by atoms with Gasteiger partial charge in [0.05, 0.1) is 25.5 Å². The van der Waals surface area contributed by atoms with Gasteiger partial charge >= 0.3 is 0 Å². The summed E-state index contributed by atoms with van der Waals surface area (Å²) in [4.78, 5) is 15.3. The molecular formula is C20H27ClN4O2. The van der Waals surface area contributed by atoms with E-state index in [9.17, 15) is 4.79 Å². The molecule has 27 heavy (non-hydrogen) atoms. The molecule has 0 spiro atoms. The molecule has 1 N–H and O–H groups in total. The number of benzene rings is 1. The van der Waals surface area contributed by atoms with Gasteiger partial charge in [0.2, 0.25) is 5.91 Å². The van der Waals surface area contributed by atoms with Crippen LogP contribution >= 0.6 is 11.6 Å². The Bertz CT molecular complexity index is 769. The number of hydrogen-bond donors (Lipinski definition) is 1. The average Bonchev–Trinajstić information content (AvgIpc) is 2.94. The number of carbonyl (C=O) groups is 1. The van der Waals surface area contributed by atoms with E-state index in [-0.39, 0.29) is 18.0 Å². The number of ether oxygens (including phenoxy) is 1. The number of amides is 1. The molecule has 0 saturated carbocycles. The van der Waals surface area contributed by atoms with E-state index in [1.54, 1.807) is 0 Å². The quantitative estimate of drug-likeness (QED) is 0.823. The fraction of sp³-hybridized carbons (Fsp3) is 0.500. The van der Waals surface area contributed by atoms with E-state index in [2.05, 4.69) is 15.3 Å². The molecule has 6 nitrogen and oxygen atoms in total. The van der Waals surface area contributed by atoms with E-state index < -0.39 is 0 Å². The molecule has 0 bridgehead atoms. The third-order valence-electron chi connectivity index (χ3n) is 4.78. The molecule has 7 heteroatoms. The summed E-state index contributed by atoms with van der Waals surface area (Å²) in [5, 5.41) is 8.31. The van der Waals surface area contributed by atoms with Crippen molar-refractivity contribution in [2.24, 2.45) is 0 Å². The highest BCUT2D eigenvalue weighted by molar-refractivity contribution is 6.30. The van der Waals surface area contributed by atoms with Gasteiger partial charge in [0.1, 0.15) is 6.04 Å². The zero-order valence-corrected chi connectivity index (χ0v) is 16.9. The summed E-state index contributed by atoms with van der Waals surface area (Å²) in [7, 11) is 0. The predicted octanol–water partition coefficient (Wildman–Crippen LogP) is 2.73. The van der Waals surface area contributed by atoms with Crippen molar-refractivity contribution in [3.8, 4) is 0 Å². The summed E-state index contributed by atoms with van der Waals surface area (Å²) in [5.41, 5.74) is 3.02. The highest BCUT2D eigenvalue weighted by atomic mass is 35.5. The Kier molecular flexibility index (Phi) is 6.52. The van der Waals surface area contributed by atoms with Gasteiger partial charge in [-0.3, -0.25) is 14.4 Å². The fourth-order valence-electron chi connectivity index (χ4n) is 3.50. The van der Waals surface area contributed by atoms with Crippen LogP contribution in [-0.2, 0) is 16.1 Å². The first-order chi connectivity index (χ1) is 12.9. The first-order valence-corrected chi connectivity index (χ1v) is 9.70. The second-order valence-electron chi connectivity index (χ2n) is 7.12. The van der Waals surface area contributed by atoms with Crippen LogP contribution in [0.2, 0.25) is 5.02 Å². The molecule has 2 aromatic rings. The van der Waals surface area contributed by atoms with Crippen molar-refractivity contribution in [3.63, 3.8) is 0 Å². The van der Waals surface area contributed by atoms with Gasteiger partial charge in [-0.25, -0.2) is 0 Å². The lowest BCUT2D eigenvalue weighted by Gasteiger charge is -2.34. The summed E-state index contributed by atoms with van der Waals surface area (Å²) in [6.45, 7) is 9.38. The number of nitrogens with zero attached hydrogens (tertiary/aromatic N) is 3. The lowest BCUT2D eigenvalue weighted by atomic mass is 10.0. The number of morpholine rings is 1. The highest BCUT2D eigenvalue weighted by Gasteiger charge is 2.29. The molecule has 2 atom stereocenters. The zero-order chi connectivity index (χ0) is 19.4. The number of rotatable bonds is 6.